The van der Waals surface area contributed by atoms with E-state index in [1.54, 1.807) is 0 Å². The molecular formula is C17H28N2. The molecule has 0 amide bonds. The molecule has 2 heteroatoms. The summed E-state index contributed by atoms with van der Waals surface area (Å²) >= 11 is 0. The van der Waals surface area contributed by atoms with Gasteiger partial charge in [0, 0.05) is 12.1 Å². The van der Waals surface area contributed by atoms with Gasteiger partial charge < -0.3 is 10.2 Å². The van der Waals surface area contributed by atoms with E-state index in [0.29, 0.717) is 12.1 Å². The van der Waals surface area contributed by atoms with Gasteiger partial charge in [-0.05, 0) is 70.4 Å². The number of benzene rings is 1. The Morgan fingerprint density at radius 1 is 1.21 bits per heavy atom. The molecule has 1 heterocycles. The Morgan fingerprint density at radius 2 is 2.00 bits per heavy atom. The van der Waals surface area contributed by atoms with Gasteiger partial charge in [-0.25, -0.2) is 0 Å². The van der Waals surface area contributed by atoms with Crippen LogP contribution in [0.4, 0.5) is 0 Å². The van der Waals surface area contributed by atoms with Gasteiger partial charge in [0.2, 0.25) is 0 Å². The number of nitrogens with zero attached hydrogens (tertiary/aromatic N) is 1. The van der Waals surface area contributed by atoms with E-state index in [4.69, 9.17) is 0 Å². The Labute approximate surface area is 118 Å². The van der Waals surface area contributed by atoms with Crippen LogP contribution in [0.1, 0.15) is 48.4 Å². The average Bonchev–Trinajstić information content (AvgIpc) is 2.40. The minimum absolute atomic E-state index is 0.523. The number of hydrogen-bond donors (Lipinski definition) is 1. The van der Waals surface area contributed by atoms with Crippen molar-refractivity contribution in [3.8, 4) is 0 Å². The second-order valence-electron chi connectivity index (χ2n) is 6.21. The third kappa shape index (κ3) is 3.80. The van der Waals surface area contributed by atoms with E-state index in [0.717, 1.165) is 0 Å². The van der Waals surface area contributed by atoms with E-state index >= 15 is 0 Å². The highest BCUT2D eigenvalue weighted by molar-refractivity contribution is 5.31. The lowest BCUT2D eigenvalue weighted by atomic mass is 9.92. The smallest absolute Gasteiger partial charge is 0.0356 e. The molecule has 2 rings (SSSR count). The summed E-state index contributed by atoms with van der Waals surface area (Å²) in [5.41, 5.74) is 4.25. The van der Waals surface area contributed by atoms with E-state index < -0.39 is 0 Å². The lowest BCUT2D eigenvalue weighted by Gasteiger charge is -2.32. The molecule has 0 radical (unpaired) electrons. The SMILES string of the molecule is Cc1ccc(C(CC2CCCCN2)N(C)C)cc1C. The maximum atomic E-state index is 3.67. The maximum Gasteiger partial charge on any atom is 0.0356 e. The number of piperidine rings is 1. The molecule has 2 atom stereocenters. The Hall–Kier alpha value is -0.860. The summed E-state index contributed by atoms with van der Waals surface area (Å²) in [5.74, 6) is 0. The molecule has 1 aliphatic heterocycles. The van der Waals surface area contributed by atoms with Crippen LogP contribution in [0.5, 0.6) is 0 Å². The van der Waals surface area contributed by atoms with Gasteiger partial charge in [-0.15, -0.1) is 0 Å². The Kier molecular flexibility index (Phi) is 5.00. The minimum Gasteiger partial charge on any atom is -0.314 e. The summed E-state index contributed by atoms with van der Waals surface area (Å²) in [6.45, 7) is 5.59. The molecule has 1 fully saturated rings. The van der Waals surface area contributed by atoms with Crippen molar-refractivity contribution in [1.29, 1.82) is 0 Å². The van der Waals surface area contributed by atoms with Crippen LogP contribution in [-0.2, 0) is 0 Å². The van der Waals surface area contributed by atoms with Gasteiger partial charge in [-0.1, -0.05) is 24.6 Å². The Morgan fingerprint density at radius 3 is 2.58 bits per heavy atom. The number of nitrogens with one attached hydrogen (secondary N) is 1. The molecule has 1 aromatic rings. The summed E-state index contributed by atoms with van der Waals surface area (Å²) in [4.78, 5) is 2.36. The van der Waals surface area contributed by atoms with Gasteiger partial charge in [0.25, 0.3) is 0 Å². The Balaban J connectivity index is 2.12. The summed E-state index contributed by atoms with van der Waals surface area (Å²) < 4.78 is 0. The summed E-state index contributed by atoms with van der Waals surface area (Å²) in [6.07, 6.45) is 5.27. The van der Waals surface area contributed by atoms with Gasteiger partial charge in [0.05, 0.1) is 0 Å². The van der Waals surface area contributed by atoms with Crippen LogP contribution in [-0.4, -0.2) is 31.6 Å². The fourth-order valence-electron chi connectivity index (χ4n) is 3.01. The summed E-state index contributed by atoms with van der Waals surface area (Å²) in [5, 5.41) is 3.67. The van der Waals surface area contributed by atoms with E-state index in [1.807, 2.05) is 0 Å². The van der Waals surface area contributed by atoms with Crippen molar-refractivity contribution in [2.75, 3.05) is 20.6 Å². The molecule has 106 valence electrons. The van der Waals surface area contributed by atoms with Crippen LogP contribution in [0.2, 0.25) is 0 Å². The van der Waals surface area contributed by atoms with Crippen molar-refractivity contribution in [1.82, 2.24) is 10.2 Å². The number of aryl methyl sites for hydroxylation is 2. The zero-order chi connectivity index (χ0) is 13.8. The van der Waals surface area contributed by atoms with Crippen molar-refractivity contribution < 1.29 is 0 Å². The molecule has 1 saturated heterocycles. The Bertz CT molecular complexity index is 406. The predicted molar refractivity (Wildman–Crippen MR) is 82.6 cm³/mol. The standard InChI is InChI=1S/C17H28N2/c1-13-8-9-15(11-14(13)2)17(19(3)4)12-16-7-5-6-10-18-16/h8-9,11,16-18H,5-7,10,12H2,1-4H3. The third-order valence-corrected chi connectivity index (χ3v) is 4.46. The first-order chi connectivity index (χ1) is 9.08. The van der Waals surface area contributed by atoms with Gasteiger partial charge in [0.15, 0.2) is 0 Å². The fraction of sp³-hybridized carbons (Fsp3) is 0.647. The molecule has 0 aliphatic carbocycles. The molecule has 2 nitrogen and oxygen atoms in total. The van der Waals surface area contributed by atoms with E-state index in [1.165, 1.54) is 48.9 Å². The van der Waals surface area contributed by atoms with Crippen molar-refractivity contribution in [3.05, 3.63) is 34.9 Å². The molecule has 1 aliphatic rings. The number of hydrogen-bond acceptors (Lipinski definition) is 2. The predicted octanol–water partition coefficient (Wildman–Crippen LogP) is 3.44. The topological polar surface area (TPSA) is 15.3 Å². The van der Waals surface area contributed by atoms with Crippen molar-refractivity contribution in [2.45, 2.75) is 51.6 Å². The summed E-state index contributed by atoms with van der Waals surface area (Å²) in [6, 6.07) is 8.13. The van der Waals surface area contributed by atoms with Crippen LogP contribution < -0.4 is 5.32 Å². The largest absolute Gasteiger partial charge is 0.314 e. The van der Waals surface area contributed by atoms with E-state index in [-0.39, 0.29) is 0 Å². The first-order valence-electron chi connectivity index (χ1n) is 7.55. The van der Waals surface area contributed by atoms with Crippen molar-refractivity contribution in [2.24, 2.45) is 0 Å². The zero-order valence-electron chi connectivity index (χ0n) is 12.9. The van der Waals surface area contributed by atoms with Crippen LogP contribution in [0.3, 0.4) is 0 Å². The average molecular weight is 260 g/mol. The van der Waals surface area contributed by atoms with Gasteiger partial charge >= 0.3 is 0 Å². The highest BCUT2D eigenvalue weighted by atomic mass is 15.1. The highest BCUT2D eigenvalue weighted by Crippen LogP contribution is 2.27. The molecule has 19 heavy (non-hydrogen) atoms. The van der Waals surface area contributed by atoms with E-state index in [9.17, 15) is 0 Å². The fourth-order valence-corrected chi connectivity index (χ4v) is 3.01. The monoisotopic (exact) mass is 260 g/mol. The van der Waals surface area contributed by atoms with Crippen LogP contribution in [0, 0.1) is 13.8 Å². The second-order valence-corrected chi connectivity index (χ2v) is 6.21. The molecule has 1 aromatic carbocycles. The second kappa shape index (κ2) is 6.53. The quantitative estimate of drug-likeness (QED) is 0.892. The lowest BCUT2D eigenvalue weighted by molar-refractivity contribution is 0.240. The molecule has 0 saturated carbocycles. The van der Waals surface area contributed by atoms with Crippen LogP contribution >= 0.6 is 0 Å². The van der Waals surface area contributed by atoms with Gasteiger partial charge in [-0.3, -0.25) is 0 Å². The molecule has 0 aromatic heterocycles. The van der Waals surface area contributed by atoms with Crippen molar-refractivity contribution in [3.63, 3.8) is 0 Å². The van der Waals surface area contributed by atoms with Gasteiger partial charge in [0.1, 0.15) is 0 Å². The zero-order valence-corrected chi connectivity index (χ0v) is 12.9. The maximum absolute atomic E-state index is 3.67. The first kappa shape index (κ1) is 14.5. The molecule has 1 N–H and O–H groups in total. The summed E-state index contributed by atoms with van der Waals surface area (Å²) in [7, 11) is 4.39. The van der Waals surface area contributed by atoms with Gasteiger partial charge in [-0.2, -0.15) is 0 Å². The minimum atomic E-state index is 0.523. The normalized spacial score (nSPS) is 21.6. The molecular weight excluding hydrogens is 232 g/mol. The molecule has 2 unspecified atom stereocenters. The first-order valence-corrected chi connectivity index (χ1v) is 7.55. The van der Waals surface area contributed by atoms with E-state index in [2.05, 4.69) is 56.4 Å². The van der Waals surface area contributed by atoms with Crippen LogP contribution in [0.25, 0.3) is 0 Å². The number of rotatable bonds is 4. The van der Waals surface area contributed by atoms with Crippen LogP contribution in [0.15, 0.2) is 18.2 Å². The lowest BCUT2D eigenvalue weighted by Crippen LogP contribution is -2.37. The molecule has 0 spiro atoms. The highest BCUT2D eigenvalue weighted by Gasteiger charge is 2.21. The molecule has 0 bridgehead atoms. The third-order valence-electron chi connectivity index (χ3n) is 4.46. The van der Waals surface area contributed by atoms with Crippen molar-refractivity contribution >= 4 is 0 Å².